The summed E-state index contributed by atoms with van der Waals surface area (Å²) in [7, 11) is 4.95. The number of methoxy groups -OCH3 is 3. The van der Waals surface area contributed by atoms with Gasteiger partial charge in [0.1, 0.15) is 0 Å². The van der Waals surface area contributed by atoms with Gasteiger partial charge in [-0.2, -0.15) is 0 Å². The number of hydrogen-bond acceptors (Lipinski definition) is 8. The van der Waals surface area contributed by atoms with E-state index in [2.05, 4.69) is 40.3 Å². The highest BCUT2D eigenvalue weighted by Crippen LogP contribution is 2.38. The minimum Gasteiger partial charge on any atom is -0.493 e. The van der Waals surface area contributed by atoms with Crippen molar-refractivity contribution in [3.05, 3.63) is 47.5 Å². The van der Waals surface area contributed by atoms with Crippen LogP contribution in [0.2, 0.25) is 0 Å². The van der Waals surface area contributed by atoms with Crippen molar-refractivity contribution in [2.45, 2.75) is 18.0 Å². The van der Waals surface area contributed by atoms with Crippen LogP contribution in [0.5, 0.6) is 17.2 Å². The maximum absolute atomic E-state index is 9.10. The Hall–Kier alpha value is -2.95. The van der Waals surface area contributed by atoms with E-state index < -0.39 is 11.9 Å². The first-order valence-corrected chi connectivity index (χ1v) is 11.9. The third-order valence-electron chi connectivity index (χ3n) is 5.34. The lowest BCUT2D eigenvalue weighted by Crippen LogP contribution is -2.45. The van der Waals surface area contributed by atoms with E-state index in [1.54, 1.807) is 33.1 Å². The number of aliphatic carboxylic acids is 2. The zero-order valence-corrected chi connectivity index (χ0v) is 20.8. The van der Waals surface area contributed by atoms with Crippen molar-refractivity contribution in [1.82, 2.24) is 9.80 Å². The van der Waals surface area contributed by atoms with Crippen molar-refractivity contribution in [2.75, 3.05) is 53.8 Å². The summed E-state index contributed by atoms with van der Waals surface area (Å²) >= 11 is 1.79. The van der Waals surface area contributed by atoms with Gasteiger partial charge in [0.25, 0.3) is 0 Å². The first-order chi connectivity index (χ1) is 16.3. The Morgan fingerprint density at radius 3 is 1.59 bits per heavy atom. The second kappa shape index (κ2) is 13.7. The van der Waals surface area contributed by atoms with Crippen molar-refractivity contribution in [2.24, 2.45) is 0 Å². The van der Waals surface area contributed by atoms with Crippen molar-refractivity contribution < 1.29 is 34.0 Å². The zero-order valence-electron chi connectivity index (χ0n) is 19.9. The lowest BCUT2D eigenvalue weighted by molar-refractivity contribution is -0.159. The van der Waals surface area contributed by atoms with E-state index in [4.69, 9.17) is 34.0 Å². The Kier molecular flexibility index (Phi) is 11.0. The molecule has 0 aliphatic carbocycles. The van der Waals surface area contributed by atoms with Gasteiger partial charge in [-0.25, -0.2) is 9.59 Å². The van der Waals surface area contributed by atoms with Crippen LogP contribution in [0, 0.1) is 0 Å². The summed E-state index contributed by atoms with van der Waals surface area (Å²) in [5.74, 6) is -1.58. The van der Waals surface area contributed by atoms with Crippen LogP contribution in [-0.4, -0.2) is 85.7 Å². The fourth-order valence-electron chi connectivity index (χ4n) is 3.58. The Labute approximate surface area is 204 Å². The topological polar surface area (TPSA) is 109 Å². The molecule has 1 saturated heterocycles. The molecule has 9 nitrogen and oxygen atoms in total. The second-order valence-corrected chi connectivity index (χ2v) is 8.42. The summed E-state index contributed by atoms with van der Waals surface area (Å²) < 4.78 is 16.4. The summed E-state index contributed by atoms with van der Waals surface area (Å²) in [6.45, 7) is 6.17. The molecule has 0 atom stereocenters. The molecule has 2 N–H and O–H groups in total. The fraction of sp³-hybridized carbons (Fsp3) is 0.417. The highest BCUT2D eigenvalue weighted by molar-refractivity contribution is 7.98. The van der Waals surface area contributed by atoms with E-state index in [-0.39, 0.29) is 0 Å². The number of piperazine rings is 1. The molecule has 0 aromatic heterocycles. The summed E-state index contributed by atoms with van der Waals surface area (Å²) in [6.07, 6.45) is 2.11. The molecular weight excluding hydrogens is 460 g/mol. The number of benzene rings is 2. The van der Waals surface area contributed by atoms with Crippen molar-refractivity contribution >= 4 is 23.7 Å². The average molecular weight is 493 g/mol. The third-order valence-corrected chi connectivity index (χ3v) is 6.09. The van der Waals surface area contributed by atoms with Crippen LogP contribution in [0.25, 0.3) is 0 Å². The molecule has 0 amide bonds. The first-order valence-electron chi connectivity index (χ1n) is 10.6. The molecule has 2 aromatic carbocycles. The first kappa shape index (κ1) is 27.3. The van der Waals surface area contributed by atoms with Crippen LogP contribution in [0.15, 0.2) is 41.3 Å². The Bertz CT molecular complexity index is 908. The summed E-state index contributed by atoms with van der Waals surface area (Å²) in [6, 6.07) is 13.0. The van der Waals surface area contributed by atoms with Gasteiger partial charge in [0.05, 0.1) is 21.3 Å². The predicted molar refractivity (Wildman–Crippen MR) is 130 cm³/mol. The average Bonchev–Trinajstić information content (AvgIpc) is 2.85. The molecule has 186 valence electrons. The quantitative estimate of drug-likeness (QED) is 0.422. The van der Waals surface area contributed by atoms with E-state index in [0.29, 0.717) is 17.2 Å². The molecule has 1 aliphatic heterocycles. The summed E-state index contributed by atoms with van der Waals surface area (Å²) in [4.78, 5) is 24.5. The monoisotopic (exact) mass is 492 g/mol. The van der Waals surface area contributed by atoms with Gasteiger partial charge < -0.3 is 24.4 Å². The number of hydrogen-bond donors (Lipinski definition) is 2. The SMILES string of the molecule is COc1cc(CN2CCN(Cc3ccc(SC)cc3)CC2)cc(OC)c1OC.O=C(O)C(=O)O. The van der Waals surface area contributed by atoms with Gasteiger partial charge >= 0.3 is 11.9 Å². The van der Waals surface area contributed by atoms with Gasteiger partial charge in [-0.05, 0) is 41.6 Å². The highest BCUT2D eigenvalue weighted by atomic mass is 32.2. The van der Waals surface area contributed by atoms with Gasteiger partial charge in [0.2, 0.25) is 5.75 Å². The summed E-state index contributed by atoms with van der Waals surface area (Å²) in [5.41, 5.74) is 2.56. The molecule has 34 heavy (non-hydrogen) atoms. The van der Waals surface area contributed by atoms with Gasteiger partial charge in [0, 0.05) is 44.2 Å². The molecular formula is C24H32N2O7S. The smallest absolute Gasteiger partial charge is 0.414 e. The number of carboxylic acid groups (broad SMARTS) is 2. The van der Waals surface area contributed by atoms with E-state index in [9.17, 15) is 0 Å². The molecule has 1 fully saturated rings. The Balaban J connectivity index is 0.000000604. The van der Waals surface area contributed by atoms with Crippen LogP contribution in [0.1, 0.15) is 11.1 Å². The van der Waals surface area contributed by atoms with E-state index >= 15 is 0 Å². The number of ether oxygens (including phenoxy) is 3. The molecule has 0 bridgehead atoms. The lowest BCUT2D eigenvalue weighted by Gasteiger charge is -2.35. The van der Waals surface area contributed by atoms with Gasteiger partial charge in [0.15, 0.2) is 11.5 Å². The van der Waals surface area contributed by atoms with Crippen LogP contribution >= 0.6 is 11.8 Å². The van der Waals surface area contributed by atoms with E-state index in [1.165, 1.54) is 16.0 Å². The number of carboxylic acids is 2. The minimum atomic E-state index is -1.82. The van der Waals surface area contributed by atoms with Gasteiger partial charge in [-0.1, -0.05) is 12.1 Å². The van der Waals surface area contributed by atoms with Crippen LogP contribution in [-0.2, 0) is 22.7 Å². The predicted octanol–water partition coefficient (Wildman–Crippen LogP) is 2.91. The second-order valence-electron chi connectivity index (χ2n) is 7.54. The summed E-state index contributed by atoms with van der Waals surface area (Å²) in [5, 5.41) is 14.8. The lowest BCUT2D eigenvalue weighted by atomic mass is 10.1. The molecule has 1 heterocycles. The van der Waals surface area contributed by atoms with Crippen molar-refractivity contribution in [1.29, 1.82) is 0 Å². The minimum absolute atomic E-state index is 0.645. The largest absolute Gasteiger partial charge is 0.493 e. The van der Waals surface area contributed by atoms with Crippen LogP contribution in [0.4, 0.5) is 0 Å². The van der Waals surface area contributed by atoms with E-state index in [1.807, 2.05) is 12.1 Å². The molecule has 1 aliphatic rings. The molecule has 0 radical (unpaired) electrons. The Morgan fingerprint density at radius 2 is 1.24 bits per heavy atom. The molecule has 3 rings (SSSR count). The molecule has 0 spiro atoms. The van der Waals surface area contributed by atoms with Gasteiger partial charge in [-0.3, -0.25) is 9.80 Å². The zero-order chi connectivity index (χ0) is 25.1. The molecule has 0 saturated carbocycles. The van der Waals surface area contributed by atoms with Crippen LogP contribution < -0.4 is 14.2 Å². The number of rotatable bonds is 8. The highest BCUT2D eigenvalue weighted by Gasteiger charge is 2.19. The normalized spacial score (nSPS) is 14.0. The fourth-order valence-corrected chi connectivity index (χ4v) is 3.99. The van der Waals surface area contributed by atoms with Crippen molar-refractivity contribution in [3.8, 4) is 17.2 Å². The third kappa shape index (κ3) is 8.12. The van der Waals surface area contributed by atoms with Gasteiger partial charge in [-0.15, -0.1) is 11.8 Å². The standard InChI is InChI=1S/C22H30N2O3S.C2H2O4/c1-25-20-13-18(14-21(26-2)22(20)27-3)16-24-11-9-23(10-12-24)15-17-5-7-19(28-4)8-6-17;3-1(4)2(5)6/h5-8,13-14H,9-12,15-16H2,1-4H3;(H,3,4)(H,5,6). The van der Waals surface area contributed by atoms with Crippen LogP contribution in [0.3, 0.4) is 0 Å². The maximum atomic E-state index is 9.10. The molecule has 10 heteroatoms. The number of carbonyl (C=O) groups is 2. The Morgan fingerprint density at radius 1 is 0.794 bits per heavy atom. The maximum Gasteiger partial charge on any atom is 0.414 e. The molecule has 2 aromatic rings. The number of thioether (sulfide) groups is 1. The van der Waals surface area contributed by atoms with Crippen molar-refractivity contribution in [3.63, 3.8) is 0 Å². The number of nitrogens with zero attached hydrogens (tertiary/aromatic N) is 2. The molecule has 0 unspecified atom stereocenters. The van der Waals surface area contributed by atoms with E-state index in [0.717, 1.165) is 39.3 Å².